The van der Waals surface area contributed by atoms with E-state index < -0.39 is 0 Å². The summed E-state index contributed by atoms with van der Waals surface area (Å²) in [4.78, 5) is 35.6. The summed E-state index contributed by atoms with van der Waals surface area (Å²) in [5.74, 6) is 0.265. The van der Waals surface area contributed by atoms with E-state index in [-0.39, 0.29) is 23.1 Å². The minimum absolute atomic E-state index is 0.115. The zero-order valence-corrected chi connectivity index (χ0v) is 16.1. The Morgan fingerprint density at radius 2 is 2.11 bits per heavy atom. The molecule has 1 N–H and O–H groups in total. The zero-order chi connectivity index (χ0) is 19.2. The number of nitrogens with zero attached hydrogens (tertiary/aromatic N) is 3. The van der Waals surface area contributed by atoms with Crippen LogP contribution in [0.4, 0.5) is 0 Å². The molecule has 1 saturated heterocycles. The lowest BCUT2D eigenvalue weighted by molar-refractivity contribution is 0.0614. The number of aryl methyl sites for hydroxylation is 2. The van der Waals surface area contributed by atoms with E-state index in [4.69, 9.17) is 0 Å². The van der Waals surface area contributed by atoms with Gasteiger partial charge >= 0.3 is 0 Å². The lowest BCUT2D eigenvalue weighted by Gasteiger charge is -2.37. The number of benzene rings is 1. The molecule has 1 atom stereocenters. The van der Waals surface area contributed by atoms with Crippen LogP contribution in [0, 0.1) is 6.92 Å². The quantitative estimate of drug-likeness (QED) is 0.849. The molecule has 144 valence electrons. The van der Waals surface area contributed by atoms with Gasteiger partial charge in [0.15, 0.2) is 0 Å². The number of H-pyrrole nitrogens is 1. The Balaban J connectivity index is 1.55. The first-order chi connectivity index (χ1) is 13.0. The molecule has 2 heterocycles. The van der Waals surface area contributed by atoms with Crippen LogP contribution in [0.5, 0.6) is 0 Å². The van der Waals surface area contributed by atoms with Crippen LogP contribution >= 0.6 is 0 Å². The summed E-state index contributed by atoms with van der Waals surface area (Å²) in [7, 11) is 1.79. The number of hydrogen-bond donors (Lipinski definition) is 1. The summed E-state index contributed by atoms with van der Waals surface area (Å²) in [5.41, 5.74) is 1.11. The molecule has 0 radical (unpaired) electrons. The third-order valence-corrected chi connectivity index (χ3v) is 5.29. The van der Waals surface area contributed by atoms with Gasteiger partial charge in [0.25, 0.3) is 11.5 Å². The van der Waals surface area contributed by atoms with Gasteiger partial charge in [-0.2, -0.15) is 0 Å². The highest BCUT2D eigenvalue weighted by molar-refractivity contribution is 5.93. The number of piperidine rings is 1. The smallest absolute Gasteiger partial charge is 0.263 e. The van der Waals surface area contributed by atoms with Crippen molar-refractivity contribution in [2.75, 3.05) is 26.7 Å². The molecule has 6 nitrogen and oxygen atoms in total. The van der Waals surface area contributed by atoms with Crippen molar-refractivity contribution in [1.29, 1.82) is 0 Å². The van der Waals surface area contributed by atoms with Crippen LogP contribution in [0.25, 0.3) is 0 Å². The van der Waals surface area contributed by atoms with Gasteiger partial charge in [-0.25, -0.2) is 4.98 Å². The first kappa shape index (κ1) is 19.3. The molecule has 0 spiro atoms. The Bertz CT molecular complexity index is 818. The predicted octanol–water partition coefficient (Wildman–Crippen LogP) is 2.25. The maximum Gasteiger partial charge on any atom is 0.263 e. The molecule has 1 aliphatic rings. The number of hydrogen-bond acceptors (Lipinski definition) is 4. The Labute approximate surface area is 160 Å². The lowest BCUT2D eigenvalue weighted by Crippen LogP contribution is -2.49. The highest BCUT2D eigenvalue weighted by Crippen LogP contribution is 2.17. The molecule has 6 heteroatoms. The van der Waals surface area contributed by atoms with Gasteiger partial charge in [0.05, 0.1) is 0 Å². The second kappa shape index (κ2) is 8.95. The Kier molecular flexibility index (Phi) is 6.40. The second-order valence-electron chi connectivity index (χ2n) is 7.31. The van der Waals surface area contributed by atoms with E-state index in [9.17, 15) is 9.59 Å². The van der Waals surface area contributed by atoms with Crippen molar-refractivity contribution in [3.63, 3.8) is 0 Å². The number of amides is 1. The maximum absolute atomic E-state index is 12.7. The van der Waals surface area contributed by atoms with E-state index in [1.165, 1.54) is 11.8 Å². The molecule has 3 rings (SSSR count). The number of nitrogens with one attached hydrogen (secondary N) is 1. The normalized spacial score (nSPS) is 17.6. The fraction of sp³-hybridized carbons (Fsp3) is 0.476. The van der Waals surface area contributed by atoms with E-state index >= 15 is 0 Å². The molecular weight excluding hydrogens is 340 g/mol. The van der Waals surface area contributed by atoms with Crippen LogP contribution < -0.4 is 5.56 Å². The van der Waals surface area contributed by atoms with Gasteiger partial charge in [0.1, 0.15) is 11.4 Å². The summed E-state index contributed by atoms with van der Waals surface area (Å²) >= 11 is 0. The molecule has 1 aromatic heterocycles. The van der Waals surface area contributed by atoms with E-state index in [0.717, 1.165) is 45.3 Å². The Hall–Kier alpha value is -2.47. The van der Waals surface area contributed by atoms with Crippen LogP contribution in [-0.2, 0) is 6.42 Å². The maximum atomic E-state index is 12.7. The van der Waals surface area contributed by atoms with Crippen molar-refractivity contribution >= 4 is 5.91 Å². The number of rotatable bonds is 6. The van der Waals surface area contributed by atoms with Crippen LogP contribution in [0.3, 0.4) is 0 Å². The van der Waals surface area contributed by atoms with Gasteiger partial charge in [-0.1, -0.05) is 30.3 Å². The van der Waals surface area contributed by atoms with Crippen molar-refractivity contribution in [3.05, 3.63) is 63.8 Å². The highest BCUT2D eigenvalue weighted by Gasteiger charge is 2.27. The number of likely N-dealkylation sites (tertiary alicyclic amines) is 1. The van der Waals surface area contributed by atoms with Gasteiger partial charge in [-0.3, -0.25) is 9.59 Å². The standard InChI is InChI=1S/C21H28N4O2/c1-16-22-14-19(20(26)23-16)21(27)24(2)18-11-7-13-25(15-18)12-6-10-17-8-4-3-5-9-17/h3-5,8-9,14,18H,6-7,10-13,15H2,1-2H3,(H,22,23,26). The third kappa shape index (κ3) is 5.04. The van der Waals surface area contributed by atoms with Gasteiger partial charge in [0.2, 0.25) is 0 Å². The third-order valence-electron chi connectivity index (χ3n) is 5.29. The first-order valence-corrected chi connectivity index (χ1v) is 9.64. The second-order valence-corrected chi connectivity index (χ2v) is 7.31. The molecular formula is C21H28N4O2. The molecule has 1 fully saturated rings. The lowest BCUT2D eigenvalue weighted by atomic mass is 10.0. The molecule has 27 heavy (non-hydrogen) atoms. The molecule has 1 aromatic carbocycles. The van der Waals surface area contributed by atoms with Crippen LogP contribution in [-0.4, -0.2) is 58.4 Å². The molecule has 2 aromatic rings. The van der Waals surface area contributed by atoms with Crippen LogP contribution in [0.2, 0.25) is 0 Å². The Morgan fingerprint density at radius 1 is 1.33 bits per heavy atom. The summed E-state index contributed by atoms with van der Waals surface area (Å²) < 4.78 is 0. The van der Waals surface area contributed by atoms with Crippen molar-refractivity contribution in [3.8, 4) is 0 Å². The number of likely N-dealkylation sites (N-methyl/N-ethyl adjacent to an activating group) is 1. The van der Waals surface area contributed by atoms with E-state index in [0.29, 0.717) is 5.82 Å². The van der Waals surface area contributed by atoms with Crippen molar-refractivity contribution in [2.24, 2.45) is 0 Å². The average molecular weight is 368 g/mol. The van der Waals surface area contributed by atoms with E-state index in [1.807, 2.05) is 6.07 Å². The zero-order valence-electron chi connectivity index (χ0n) is 16.1. The van der Waals surface area contributed by atoms with Gasteiger partial charge in [0, 0.05) is 25.8 Å². The fourth-order valence-electron chi connectivity index (χ4n) is 3.69. The Morgan fingerprint density at radius 3 is 2.85 bits per heavy atom. The van der Waals surface area contributed by atoms with Gasteiger partial charge in [-0.05, 0) is 51.3 Å². The first-order valence-electron chi connectivity index (χ1n) is 9.64. The summed E-state index contributed by atoms with van der Waals surface area (Å²) in [6.45, 7) is 4.65. The van der Waals surface area contributed by atoms with Gasteiger partial charge in [-0.15, -0.1) is 0 Å². The highest BCUT2D eigenvalue weighted by atomic mass is 16.2. The SMILES string of the molecule is Cc1ncc(C(=O)N(C)C2CCCN(CCCc3ccccc3)C2)c(=O)[nH]1. The number of aromatic nitrogens is 2. The molecule has 0 saturated carbocycles. The number of carbonyl (C=O) groups is 1. The summed E-state index contributed by atoms with van der Waals surface area (Å²) in [6.07, 6.45) is 5.59. The van der Waals surface area contributed by atoms with Gasteiger partial charge < -0.3 is 14.8 Å². The van der Waals surface area contributed by atoms with Crippen molar-refractivity contribution in [1.82, 2.24) is 19.8 Å². The van der Waals surface area contributed by atoms with Crippen LogP contribution in [0.15, 0.2) is 41.3 Å². The molecule has 0 bridgehead atoms. The fourth-order valence-corrected chi connectivity index (χ4v) is 3.69. The summed E-state index contributed by atoms with van der Waals surface area (Å²) in [6, 6.07) is 10.7. The monoisotopic (exact) mass is 368 g/mol. The molecule has 0 aliphatic carbocycles. The van der Waals surface area contributed by atoms with Crippen molar-refractivity contribution < 1.29 is 4.79 Å². The minimum Gasteiger partial charge on any atom is -0.337 e. The average Bonchev–Trinajstić information content (AvgIpc) is 2.68. The number of aromatic amines is 1. The molecule has 1 amide bonds. The summed E-state index contributed by atoms with van der Waals surface area (Å²) in [5, 5.41) is 0. The van der Waals surface area contributed by atoms with Crippen LogP contribution in [0.1, 0.15) is 41.0 Å². The minimum atomic E-state index is -0.366. The van der Waals surface area contributed by atoms with Crippen molar-refractivity contribution in [2.45, 2.75) is 38.6 Å². The van der Waals surface area contributed by atoms with E-state index in [2.05, 4.69) is 39.1 Å². The molecule has 1 unspecified atom stereocenters. The topological polar surface area (TPSA) is 69.3 Å². The van der Waals surface area contributed by atoms with E-state index in [1.54, 1.807) is 18.9 Å². The largest absolute Gasteiger partial charge is 0.337 e. The number of carbonyl (C=O) groups excluding carboxylic acids is 1. The predicted molar refractivity (Wildman–Crippen MR) is 106 cm³/mol. The molecule has 1 aliphatic heterocycles.